The van der Waals surface area contributed by atoms with E-state index in [4.69, 9.17) is 5.73 Å². The number of amides is 2. The topological polar surface area (TPSA) is 97.1 Å². The summed E-state index contributed by atoms with van der Waals surface area (Å²) in [4.78, 5) is 26.2. The molecule has 6 nitrogen and oxygen atoms in total. The fraction of sp³-hybridized carbons (Fsp3) is 0.300. The number of nitrogens with two attached hydrogens (primary N) is 1. The van der Waals surface area contributed by atoms with Crippen molar-refractivity contribution in [2.75, 3.05) is 12.4 Å². The van der Waals surface area contributed by atoms with Crippen LogP contribution in [0.15, 0.2) is 12.3 Å². The van der Waals surface area contributed by atoms with Crippen LogP contribution >= 0.6 is 0 Å². The van der Waals surface area contributed by atoms with Crippen LogP contribution in [0.3, 0.4) is 0 Å². The van der Waals surface area contributed by atoms with Gasteiger partial charge in [-0.3, -0.25) is 9.59 Å². The van der Waals surface area contributed by atoms with Crippen LogP contribution in [0.4, 0.5) is 10.2 Å². The largest absolute Gasteiger partial charge is 0.372 e. The van der Waals surface area contributed by atoms with E-state index in [2.05, 4.69) is 15.6 Å². The second kappa shape index (κ2) is 5.24. The lowest BCUT2D eigenvalue weighted by Gasteiger charge is -2.12. The molecule has 2 amide bonds. The summed E-state index contributed by atoms with van der Waals surface area (Å²) in [6.45, 7) is 1.44. The van der Waals surface area contributed by atoms with Gasteiger partial charge in [0.2, 0.25) is 5.91 Å². The molecule has 1 rings (SSSR count). The first-order valence-corrected chi connectivity index (χ1v) is 4.89. The van der Waals surface area contributed by atoms with Crippen molar-refractivity contribution < 1.29 is 14.0 Å². The first kappa shape index (κ1) is 12.9. The predicted molar refractivity (Wildman–Crippen MR) is 59.9 cm³/mol. The number of hydrogen-bond donors (Lipinski definition) is 3. The molecule has 0 aliphatic carbocycles. The summed E-state index contributed by atoms with van der Waals surface area (Å²) < 4.78 is 13.0. The number of anilines is 1. The molecule has 0 spiro atoms. The van der Waals surface area contributed by atoms with Gasteiger partial charge < -0.3 is 16.4 Å². The Morgan fingerprint density at radius 3 is 2.71 bits per heavy atom. The summed E-state index contributed by atoms with van der Waals surface area (Å²) >= 11 is 0. The highest BCUT2D eigenvalue weighted by Crippen LogP contribution is 2.12. The number of carbonyl (C=O) groups excluding carboxylic acids is 2. The Kier molecular flexibility index (Phi) is 3.97. The lowest BCUT2D eigenvalue weighted by Crippen LogP contribution is -2.42. The molecule has 4 N–H and O–H groups in total. The Morgan fingerprint density at radius 2 is 2.18 bits per heavy atom. The second-order valence-electron chi connectivity index (χ2n) is 3.40. The Balaban J connectivity index is 2.95. The Bertz CT molecular complexity index is 450. The van der Waals surface area contributed by atoms with Gasteiger partial charge in [-0.15, -0.1) is 0 Å². The molecule has 0 aliphatic rings. The fourth-order valence-electron chi connectivity index (χ4n) is 1.16. The number of aromatic nitrogens is 1. The molecular formula is C10H13FN4O2. The zero-order chi connectivity index (χ0) is 13.0. The van der Waals surface area contributed by atoms with E-state index in [0.717, 1.165) is 12.3 Å². The van der Waals surface area contributed by atoms with Crippen molar-refractivity contribution in [3.8, 4) is 0 Å². The van der Waals surface area contributed by atoms with Crippen LogP contribution in [0.2, 0.25) is 0 Å². The van der Waals surface area contributed by atoms with Crippen molar-refractivity contribution in [1.82, 2.24) is 10.3 Å². The molecule has 17 heavy (non-hydrogen) atoms. The van der Waals surface area contributed by atoms with Crippen molar-refractivity contribution in [3.63, 3.8) is 0 Å². The van der Waals surface area contributed by atoms with Gasteiger partial charge in [0.1, 0.15) is 17.7 Å². The Hall–Kier alpha value is -2.18. The van der Waals surface area contributed by atoms with Gasteiger partial charge in [-0.05, 0) is 13.0 Å². The summed E-state index contributed by atoms with van der Waals surface area (Å²) in [6, 6.07) is 0.192. The highest BCUT2D eigenvalue weighted by atomic mass is 19.1. The van der Waals surface area contributed by atoms with Gasteiger partial charge in [-0.2, -0.15) is 0 Å². The monoisotopic (exact) mass is 240 g/mol. The van der Waals surface area contributed by atoms with Gasteiger partial charge in [0.05, 0.1) is 11.8 Å². The molecule has 0 saturated heterocycles. The lowest BCUT2D eigenvalue weighted by atomic mass is 10.2. The van der Waals surface area contributed by atoms with Gasteiger partial charge in [0, 0.05) is 7.05 Å². The standard InChI is InChI=1S/C10H13FN4O2/c1-5(8(12)16)15-10(17)7-3-6(11)4-14-9(7)13-2/h3-5H,1-2H3,(H2,12,16)(H,13,14)(H,15,17). The zero-order valence-electron chi connectivity index (χ0n) is 9.45. The van der Waals surface area contributed by atoms with E-state index in [0.29, 0.717) is 0 Å². The minimum atomic E-state index is -0.838. The molecule has 1 aromatic rings. The minimum absolute atomic E-state index is 0.0144. The van der Waals surface area contributed by atoms with Crippen LogP contribution in [0, 0.1) is 5.82 Å². The average molecular weight is 240 g/mol. The van der Waals surface area contributed by atoms with Gasteiger partial charge in [-0.25, -0.2) is 9.37 Å². The molecule has 0 fully saturated rings. The molecule has 1 aromatic heterocycles. The van der Waals surface area contributed by atoms with Crippen LogP contribution in [0.5, 0.6) is 0 Å². The maximum atomic E-state index is 13.0. The molecule has 1 atom stereocenters. The molecule has 0 bridgehead atoms. The van der Waals surface area contributed by atoms with Gasteiger partial charge >= 0.3 is 0 Å². The summed E-state index contributed by atoms with van der Waals surface area (Å²) in [7, 11) is 1.55. The summed E-state index contributed by atoms with van der Waals surface area (Å²) in [6.07, 6.45) is 0.986. The van der Waals surface area contributed by atoms with E-state index >= 15 is 0 Å². The molecule has 92 valence electrons. The normalized spacial score (nSPS) is 11.7. The van der Waals surface area contributed by atoms with Crippen molar-refractivity contribution in [2.45, 2.75) is 13.0 Å². The van der Waals surface area contributed by atoms with Crippen molar-refractivity contribution in [3.05, 3.63) is 23.6 Å². The van der Waals surface area contributed by atoms with Crippen molar-refractivity contribution >= 4 is 17.6 Å². The molecule has 0 aromatic carbocycles. The average Bonchev–Trinajstić information content (AvgIpc) is 2.28. The molecule has 1 heterocycles. The second-order valence-corrected chi connectivity index (χ2v) is 3.40. The molecular weight excluding hydrogens is 227 g/mol. The van der Waals surface area contributed by atoms with E-state index in [-0.39, 0.29) is 11.4 Å². The number of halogens is 1. The molecule has 1 unspecified atom stereocenters. The van der Waals surface area contributed by atoms with Crippen LogP contribution in [-0.4, -0.2) is 29.9 Å². The number of hydrogen-bond acceptors (Lipinski definition) is 4. The smallest absolute Gasteiger partial charge is 0.255 e. The van der Waals surface area contributed by atoms with E-state index in [9.17, 15) is 14.0 Å². The number of pyridine rings is 1. The third kappa shape index (κ3) is 3.13. The van der Waals surface area contributed by atoms with Crippen LogP contribution in [-0.2, 0) is 4.79 Å². The quantitative estimate of drug-likeness (QED) is 0.682. The summed E-state index contributed by atoms with van der Waals surface area (Å²) in [5.74, 6) is -1.71. The third-order valence-electron chi connectivity index (χ3n) is 2.11. The zero-order valence-corrected chi connectivity index (χ0v) is 9.45. The van der Waals surface area contributed by atoms with E-state index in [1.54, 1.807) is 7.05 Å². The molecule has 0 aliphatic heterocycles. The fourth-order valence-corrected chi connectivity index (χ4v) is 1.16. The molecule has 0 radical (unpaired) electrons. The number of nitrogens with one attached hydrogen (secondary N) is 2. The van der Waals surface area contributed by atoms with E-state index in [1.165, 1.54) is 6.92 Å². The molecule has 0 saturated carbocycles. The molecule has 7 heteroatoms. The van der Waals surface area contributed by atoms with Gasteiger partial charge in [0.15, 0.2) is 0 Å². The highest BCUT2D eigenvalue weighted by molar-refractivity contribution is 6.00. The summed E-state index contributed by atoms with van der Waals surface area (Å²) in [5, 5.41) is 4.99. The number of nitrogens with zero attached hydrogens (tertiary/aromatic N) is 1. The minimum Gasteiger partial charge on any atom is -0.372 e. The first-order chi connectivity index (χ1) is 7.95. The Labute approximate surface area is 97.4 Å². The predicted octanol–water partition coefficient (Wildman–Crippen LogP) is -0.134. The van der Waals surface area contributed by atoms with Gasteiger partial charge in [-0.1, -0.05) is 0 Å². The van der Waals surface area contributed by atoms with Crippen LogP contribution < -0.4 is 16.4 Å². The number of carbonyl (C=O) groups is 2. The van der Waals surface area contributed by atoms with Gasteiger partial charge in [0.25, 0.3) is 5.91 Å². The Morgan fingerprint density at radius 1 is 1.53 bits per heavy atom. The van der Waals surface area contributed by atoms with Crippen molar-refractivity contribution in [2.24, 2.45) is 5.73 Å². The first-order valence-electron chi connectivity index (χ1n) is 4.89. The maximum Gasteiger partial charge on any atom is 0.255 e. The highest BCUT2D eigenvalue weighted by Gasteiger charge is 2.17. The van der Waals surface area contributed by atoms with Crippen LogP contribution in [0.25, 0.3) is 0 Å². The van der Waals surface area contributed by atoms with Crippen LogP contribution in [0.1, 0.15) is 17.3 Å². The van der Waals surface area contributed by atoms with E-state index in [1.807, 2.05) is 0 Å². The maximum absolute atomic E-state index is 13.0. The SMILES string of the molecule is CNc1ncc(F)cc1C(=O)NC(C)C(N)=O. The van der Waals surface area contributed by atoms with E-state index < -0.39 is 23.7 Å². The number of primary amides is 1. The van der Waals surface area contributed by atoms with Crippen molar-refractivity contribution in [1.29, 1.82) is 0 Å². The lowest BCUT2D eigenvalue weighted by molar-refractivity contribution is -0.119. The third-order valence-corrected chi connectivity index (χ3v) is 2.11. The summed E-state index contributed by atoms with van der Waals surface area (Å²) in [5.41, 5.74) is 5.02. The number of rotatable bonds is 4.